The lowest BCUT2D eigenvalue weighted by atomic mass is 9.68. The third kappa shape index (κ3) is 3.77. The van der Waals surface area contributed by atoms with Crippen molar-refractivity contribution in [3.05, 3.63) is 0 Å². The third-order valence-electron chi connectivity index (χ3n) is 7.36. The van der Waals surface area contributed by atoms with Crippen LogP contribution in [0.4, 0.5) is 0 Å². The van der Waals surface area contributed by atoms with Crippen molar-refractivity contribution in [2.75, 3.05) is 13.1 Å². The number of likely N-dealkylation sites (tertiary alicyclic amines) is 1. The number of amides is 1. The molecule has 2 heteroatoms. The predicted molar refractivity (Wildman–Crippen MR) is 96.2 cm³/mol. The molecule has 132 valence electrons. The van der Waals surface area contributed by atoms with Crippen LogP contribution in [0.25, 0.3) is 0 Å². The lowest BCUT2D eigenvalue weighted by Crippen LogP contribution is -2.51. The summed E-state index contributed by atoms with van der Waals surface area (Å²) in [6, 6.07) is 0. The highest BCUT2D eigenvalue weighted by atomic mass is 16.2. The molecule has 2 nitrogen and oxygen atoms in total. The maximum atomic E-state index is 13.0. The molecule has 0 aromatic heterocycles. The van der Waals surface area contributed by atoms with Gasteiger partial charge < -0.3 is 4.90 Å². The zero-order chi connectivity index (χ0) is 16.3. The molecule has 0 aromatic carbocycles. The van der Waals surface area contributed by atoms with Gasteiger partial charge in [-0.05, 0) is 42.9 Å². The maximum absolute atomic E-state index is 13.0. The minimum absolute atomic E-state index is 0.245. The van der Waals surface area contributed by atoms with E-state index in [-0.39, 0.29) is 5.92 Å². The van der Waals surface area contributed by atoms with Gasteiger partial charge >= 0.3 is 0 Å². The van der Waals surface area contributed by atoms with Crippen LogP contribution in [0.15, 0.2) is 0 Å². The van der Waals surface area contributed by atoms with E-state index in [9.17, 15) is 4.79 Å². The molecule has 3 fully saturated rings. The van der Waals surface area contributed by atoms with Crippen molar-refractivity contribution < 1.29 is 4.79 Å². The quantitative estimate of drug-likeness (QED) is 0.678. The minimum Gasteiger partial charge on any atom is -0.342 e. The Morgan fingerprint density at radius 3 is 2.43 bits per heavy atom. The molecule has 1 heterocycles. The second kappa shape index (κ2) is 7.57. The van der Waals surface area contributed by atoms with Crippen molar-refractivity contribution in [2.24, 2.45) is 23.2 Å². The first-order chi connectivity index (χ1) is 11.1. The number of carbonyl (C=O) groups excluding carboxylic acids is 1. The Hall–Kier alpha value is -0.530. The first-order valence-electron chi connectivity index (χ1n) is 10.4. The Morgan fingerprint density at radius 1 is 1.09 bits per heavy atom. The van der Waals surface area contributed by atoms with Gasteiger partial charge in [0.15, 0.2) is 0 Å². The molecule has 1 amide bonds. The summed E-state index contributed by atoms with van der Waals surface area (Å²) in [7, 11) is 0. The van der Waals surface area contributed by atoms with Gasteiger partial charge in [-0.25, -0.2) is 0 Å². The summed E-state index contributed by atoms with van der Waals surface area (Å²) in [4.78, 5) is 15.3. The van der Waals surface area contributed by atoms with Crippen molar-refractivity contribution >= 4 is 5.91 Å². The van der Waals surface area contributed by atoms with Crippen LogP contribution >= 0.6 is 0 Å². The number of piperidine rings is 1. The van der Waals surface area contributed by atoms with Crippen LogP contribution in [-0.2, 0) is 4.79 Å². The number of rotatable bonds is 4. The minimum atomic E-state index is 0.245. The monoisotopic (exact) mass is 319 g/mol. The van der Waals surface area contributed by atoms with E-state index in [2.05, 4.69) is 18.7 Å². The maximum Gasteiger partial charge on any atom is 0.225 e. The summed E-state index contributed by atoms with van der Waals surface area (Å²) < 4.78 is 0. The summed E-state index contributed by atoms with van der Waals surface area (Å²) in [5, 5.41) is 0. The highest BCUT2D eigenvalue weighted by molar-refractivity contribution is 5.78. The summed E-state index contributed by atoms with van der Waals surface area (Å²) >= 11 is 0. The van der Waals surface area contributed by atoms with E-state index >= 15 is 0 Å². The van der Waals surface area contributed by atoms with Gasteiger partial charge in [0, 0.05) is 19.0 Å². The van der Waals surface area contributed by atoms with Crippen LogP contribution in [-0.4, -0.2) is 23.9 Å². The van der Waals surface area contributed by atoms with E-state index in [1.54, 1.807) is 0 Å². The van der Waals surface area contributed by atoms with Gasteiger partial charge in [0.1, 0.15) is 0 Å². The second-order valence-electron chi connectivity index (χ2n) is 8.86. The van der Waals surface area contributed by atoms with Crippen LogP contribution in [0.5, 0.6) is 0 Å². The fourth-order valence-electron chi connectivity index (χ4n) is 6.01. The second-order valence-corrected chi connectivity index (χ2v) is 8.86. The van der Waals surface area contributed by atoms with Crippen LogP contribution in [0, 0.1) is 23.2 Å². The molecule has 1 spiro atoms. The van der Waals surface area contributed by atoms with E-state index in [1.807, 2.05) is 0 Å². The normalized spacial score (nSPS) is 29.8. The molecular formula is C21H37NO. The van der Waals surface area contributed by atoms with Gasteiger partial charge in [0.05, 0.1) is 0 Å². The van der Waals surface area contributed by atoms with E-state index < -0.39 is 0 Å². The first-order valence-corrected chi connectivity index (χ1v) is 10.4. The lowest BCUT2D eigenvalue weighted by Gasteiger charge is -2.47. The summed E-state index contributed by atoms with van der Waals surface area (Å²) in [5.74, 6) is 2.39. The molecular weight excluding hydrogens is 282 g/mol. The Labute approximate surface area is 143 Å². The van der Waals surface area contributed by atoms with Gasteiger partial charge in [-0.3, -0.25) is 4.79 Å². The SMILES string of the molecule is CCC1CCN(C(=O)C(C)CC2CCCCC2)CC12CCCC2. The van der Waals surface area contributed by atoms with Crippen LogP contribution < -0.4 is 0 Å². The molecule has 3 aliphatic rings. The Kier molecular flexibility index (Phi) is 5.69. The molecule has 0 radical (unpaired) electrons. The largest absolute Gasteiger partial charge is 0.342 e. The Balaban J connectivity index is 1.58. The highest BCUT2D eigenvalue weighted by Gasteiger charge is 2.45. The van der Waals surface area contributed by atoms with Gasteiger partial charge in [0.25, 0.3) is 0 Å². The molecule has 0 N–H and O–H groups in total. The highest BCUT2D eigenvalue weighted by Crippen LogP contribution is 2.50. The number of carbonyl (C=O) groups is 1. The predicted octanol–water partition coefficient (Wildman–Crippen LogP) is 5.41. The van der Waals surface area contributed by atoms with Gasteiger partial charge in [-0.15, -0.1) is 0 Å². The van der Waals surface area contributed by atoms with Gasteiger partial charge in [0.2, 0.25) is 5.91 Å². The average molecular weight is 320 g/mol. The molecule has 2 unspecified atom stereocenters. The number of nitrogens with zero attached hydrogens (tertiary/aromatic N) is 1. The molecule has 2 aliphatic carbocycles. The lowest BCUT2D eigenvalue weighted by molar-refractivity contribution is -0.141. The topological polar surface area (TPSA) is 20.3 Å². The molecule has 1 saturated heterocycles. The van der Waals surface area contributed by atoms with Crippen molar-refractivity contribution in [3.8, 4) is 0 Å². The van der Waals surface area contributed by atoms with E-state index in [0.717, 1.165) is 31.3 Å². The van der Waals surface area contributed by atoms with Crippen LogP contribution in [0.3, 0.4) is 0 Å². The summed E-state index contributed by atoms with van der Waals surface area (Å²) in [6.07, 6.45) is 16.1. The van der Waals surface area contributed by atoms with Crippen molar-refractivity contribution in [1.82, 2.24) is 4.90 Å². The molecule has 0 aromatic rings. The van der Waals surface area contributed by atoms with Crippen molar-refractivity contribution in [1.29, 1.82) is 0 Å². The fourth-order valence-corrected chi connectivity index (χ4v) is 6.01. The fraction of sp³-hybridized carbons (Fsp3) is 0.952. The van der Waals surface area contributed by atoms with Crippen LogP contribution in [0.2, 0.25) is 0 Å². The third-order valence-corrected chi connectivity index (χ3v) is 7.36. The van der Waals surface area contributed by atoms with Crippen LogP contribution in [0.1, 0.15) is 90.9 Å². The standard InChI is InChI=1S/C21H37NO/c1-3-19-11-14-22(16-21(19)12-7-8-13-21)20(23)17(2)15-18-9-5-4-6-10-18/h17-19H,3-16H2,1-2H3. The van der Waals surface area contributed by atoms with E-state index in [0.29, 0.717) is 11.3 Å². The zero-order valence-electron chi connectivity index (χ0n) is 15.5. The molecule has 0 bridgehead atoms. The average Bonchev–Trinajstić information content (AvgIpc) is 3.03. The van der Waals surface area contributed by atoms with Gasteiger partial charge in [-0.2, -0.15) is 0 Å². The first kappa shape index (κ1) is 17.3. The van der Waals surface area contributed by atoms with E-state index in [1.165, 1.54) is 70.6 Å². The Bertz CT molecular complexity index is 393. The summed E-state index contributed by atoms with van der Waals surface area (Å²) in [6.45, 7) is 6.64. The number of hydrogen-bond acceptors (Lipinski definition) is 1. The smallest absolute Gasteiger partial charge is 0.225 e. The zero-order valence-corrected chi connectivity index (χ0v) is 15.5. The summed E-state index contributed by atoms with van der Waals surface area (Å²) in [5.41, 5.74) is 0.479. The molecule has 2 atom stereocenters. The Morgan fingerprint density at radius 2 is 1.78 bits per heavy atom. The van der Waals surface area contributed by atoms with Gasteiger partial charge in [-0.1, -0.05) is 65.2 Å². The molecule has 2 saturated carbocycles. The van der Waals surface area contributed by atoms with Crippen molar-refractivity contribution in [2.45, 2.75) is 90.9 Å². The van der Waals surface area contributed by atoms with E-state index in [4.69, 9.17) is 0 Å². The van der Waals surface area contributed by atoms with Crippen molar-refractivity contribution in [3.63, 3.8) is 0 Å². The molecule has 3 rings (SSSR count). The molecule has 23 heavy (non-hydrogen) atoms. The number of hydrogen-bond donors (Lipinski definition) is 0. The molecule has 1 aliphatic heterocycles.